The third-order valence-electron chi connectivity index (χ3n) is 3.18. The minimum Gasteiger partial charge on any atom is -0.550 e. The van der Waals surface area contributed by atoms with Crippen molar-refractivity contribution in [3.8, 4) is 0 Å². The first-order valence-corrected chi connectivity index (χ1v) is 5.05. The Bertz CT molecular complexity index is 185. The van der Waals surface area contributed by atoms with E-state index in [1.807, 2.05) is 0 Å². The lowest BCUT2D eigenvalue weighted by Gasteiger charge is -2.43. The van der Waals surface area contributed by atoms with Gasteiger partial charge in [0.1, 0.15) is 0 Å². The fourth-order valence-electron chi connectivity index (χ4n) is 1.90. The molecule has 0 heterocycles. The standard InChI is InChI=1S/C10H19NO2/c1-11(2,9-5-3-6-9)8-4-7-10(12)13/h9H,3-8H2,1-2H3. The first-order valence-electron chi connectivity index (χ1n) is 5.05. The van der Waals surface area contributed by atoms with Gasteiger partial charge >= 0.3 is 0 Å². The first-order chi connectivity index (χ1) is 6.02. The third kappa shape index (κ3) is 2.99. The fourth-order valence-corrected chi connectivity index (χ4v) is 1.90. The van der Waals surface area contributed by atoms with Gasteiger partial charge < -0.3 is 14.4 Å². The number of carbonyl (C=O) groups excluding carboxylic acids is 1. The molecule has 0 bridgehead atoms. The largest absolute Gasteiger partial charge is 0.550 e. The maximum Gasteiger partial charge on any atom is 0.0886 e. The molecule has 0 radical (unpaired) electrons. The molecule has 0 atom stereocenters. The molecule has 13 heavy (non-hydrogen) atoms. The Morgan fingerprint density at radius 3 is 2.46 bits per heavy atom. The van der Waals surface area contributed by atoms with Crippen molar-refractivity contribution < 1.29 is 14.4 Å². The van der Waals surface area contributed by atoms with Crippen LogP contribution in [0.15, 0.2) is 0 Å². The van der Waals surface area contributed by atoms with Crippen molar-refractivity contribution in [3.63, 3.8) is 0 Å². The Labute approximate surface area is 79.9 Å². The molecule has 1 aliphatic carbocycles. The van der Waals surface area contributed by atoms with Crippen molar-refractivity contribution in [1.82, 2.24) is 0 Å². The summed E-state index contributed by atoms with van der Waals surface area (Å²) in [5.41, 5.74) is 0. The van der Waals surface area contributed by atoms with Crippen molar-refractivity contribution in [2.75, 3.05) is 20.6 Å². The Morgan fingerprint density at radius 1 is 1.46 bits per heavy atom. The molecule has 0 spiro atoms. The normalized spacial score (nSPS) is 18.3. The molecular weight excluding hydrogens is 166 g/mol. The lowest BCUT2D eigenvalue weighted by molar-refractivity contribution is -0.920. The Hall–Kier alpha value is -0.570. The van der Waals surface area contributed by atoms with Gasteiger partial charge in [-0.2, -0.15) is 0 Å². The van der Waals surface area contributed by atoms with Gasteiger partial charge in [-0.3, -0.25) is 0 Å². The van der Waals surface area contributed by atoms with Crippen molar-refractivity contribution in [2.24, 2.45) is 0 Å². The van der Waals surface area contributed by atoms with E-state index in [-0.39, 0.29) is 6.42 Å². The molecule has 3 heteroatoms. The molecule has 0 N–H and O–H groups in total. The second-order valence-electron chi connectivity index (χ2n) is 4.56. The summed E-state index contributed by atoms with van der Waals surface area (Å²) in [5.74, 6) is -0.923. The van der Waals surface area contributed by atoms with Gasteiger partial charge in [0.2, 0.25) is 0 Å². The van der Waals surface area contributed by atoms with Crippen LogP contribution in [0.5, 0.6) is 0 Å². The number of hydrogen-bond acceptors (Lipinski definition) is 2. The van der Waals surface area contributed by atoms with Gasteiger partial charge in [0.05, 0.1) is 26.7 Å². The SMILES string of the molecule is C[N+](C)(CCCC(=O)[O-])C1CCC1. The number of carboxylic acids is 1. The van der Waals surface area contributed by atoms with Gasteiger partial charge in [-0.25, -0.2) is 0 Å². The average Bonchev–Trinajstić information content (AvgIpc) is 1.79. The van der Waals surface area contributed by atoms with E-state index < -0.39 is 5.97 Å². The van der Waals surface area contributed by atoms with Gasteiger partial charge in [-0.1, -0.05) is 0 Å². The molecule has 0 aromatic rings. The zero-order valence-electron chi connectivity index (χ0n) is 8.58. The van der Waals surface area contributed by atoms with Crippen LogP contribution in [0.25, 0.3) is 0 Å². The fraction of sp³-hybridized carbons (Fsp3) is 0.900. The molecule has 1 fully saturated rings. The highest BCUT2D eigenvalue weighted by molar-refractivity contribution is 5.64. The number of quaternary nitrogens is 1. The zero-order chi connectivity index (χ0) is 9.90. The summed E-state index contributed by atoms with van der Waals surface area (Å²) in [6, 6.07) is 0.766. The molecule has 0 aromatic heterocycles. The van der Waals surface area contributed by atoms with E-state index in [1.54, 1.807) is 0 Å². The van der Waals surface area contributed by atoms with Crippen LogP contribution in [-0.2, 0) is 4.79 Å². The predicted molar refractivity (Wildman–Crippen MR) is 48.9 cm³/mol. The molecule has 0 unspecified atom stereocenters. The van der Waals surface area contributed by atoms with Crippen LogP contribution in [0, 0.1) is 0 Å². The van der Waals surface area contributed by atoms with Gasteiger partial charge in [0.25, 0.3) is 0 Å². The van der Waals surface area contributed by atoms with E-state index in [4.69, 9.17) is 0 Å². The highest BCUT2D eigenvalue weighted by Crippen LogP contribution is 2.28. The quantitative estimate of drug-likeness (QED) is 0.572. The Balaban J connectivity index is 2.21. The summed E-state index contributed by atoms with van der Waals surface area (Å²) < 4.78 is 0.979. The van der Waals surface area contributed by atoms with E-state index >= 15 is 0 Å². The van der Waals surface area contributed by atoms with Gasteiger partial charge in [-0.05, 0) is 25.7 Å². The minimum atomic E-state index is -0.923. The molecule has 1 rings (SSSR count). The second-order valence-corrected chi connectivity index (χ2v) is 4.56. The molecular formula is C10H19NO2. The number of rotatable bonds is 5. The maximum atomic E-state index is 10.2. The van der Waals surface area contributed by atoms with Crippen LogP contribution in [0.1, 0.15) is 32.1 Å². The van der Waals surface area contributed by atoms with E-state index in [0.717, 1.165) is 23.5 Å². The summed E-state index contributed by atoms with van der Waals surface area (Å²) in [7, 11) is 4.39. The summed E-state index contributed by atoms with van der Waals surface area (Å²) in [6.45, 7) is 0.957. The number of carbonyl (C=O) groups is 1. The van der Waals surface area contributed by atoms with Crippen molar-refractivity contribution in [1.29, 1.82) is 0 Å². The van der Waals surface area contributed by atoms with Gasteiger partial charge in [0, 0.05) is 12.4 Å². The number of carboxylic acid groups (broad SMARTS) is 1. The molecule has 1 aliphatic rings. The van der Waals surface area contributed by atoms with Crippen molar-refractivity contribution in [3.05, 3.63) is 0 Å². The topological polar surface area (TPSA) is 40.1 Å². The van der Waals surface area contributed by atoms with Crippen LogP contribution in [0.3, 0.4) is 0 Å². The number of hydrogen-bond donors (Lipinski definition) is 0. The summed E-state index contributed by atoms with van der Waals surface area (Å²) in [6.07, 6.45) is 4.89. The second kappa shape index (κ2) is 4.09. The zero-order valence-corrected chi connectivity index (χ0v) is 8.58. The van der Waals surface area contributed by atoms with Crippen LogP contribution in [0.4, 0.5) is 0 Å². The smallest absolute Gasteiger partial charge is 0.0886 e. The third-order valence-corrected chi connectivity index (χ3v) is 3.18. The van der Waals surface area contributed by atoms with Crippen LogP contribution in [-0.4, -0.2) is 37.1 Å². The van der Waals surface area contributed by atoms with Crippen molar-refractivity contribution >= 4 is 5.97 Å². The van der Waals surface area contributed by atoms with Crippen LogP contribution >= 0.6 is 0 Å². The molecule has 76 valence electrons. The minimum absolute atomic E-state index is 0.203. The lowest BCUT2D eigenvalue weighted by atomic mass is 9.90. The van der Waals surface area contributed by atoms with E-state index in [9.17, 15) is 9.90 Å². The average molecular weight is 185 g/mol. The first kappa shape index (κ1) is 10.5. The molecule has 3 nitrogen and oxygen atoms in total. The van der Waals surface area contributed by atoms with Crippen LogP contribution in [0.2, 0.25) is 0 Å². The molecule has 0 saturated heterocycles. The lowest BCUT2D eigenvalue weighted by Crippen LogP contribution is -2.52. The summed E-state index contributed by atoms with van der Waals surface area (Å²) in [5, 5.41) is 10.2. The number of nitrogens with zero attached hydrogens (tertiary/aromatic N) is 1. The maximum absolute atomic E-state index is 10.2. The van der Waals surface area contributed by atoms with Gasteiger partial charge in [-0.15, -0.1) is 0 Å². The van der Waals surface area contributed by atoms with Gasteiger partial charge in [0.15, 0.2) is 0 Å². The van der Waals surface area contributed by atoms with E-state index in [0.29, 0.717) is 0 Å². The van der Waals surface area contributed by atoms with Crippen LogP contribution < -0.4 is 5.11 Å². The molecule has 0 amide bonds. The highest BCUT2D eigenvalue weighted by atomic mass is 16.4. The Kier molecular flexibility index (Phi) is 3.31. The monoisotopic (exact) mass is 185 g/mol. The van der Waals surface area contributed by atoms with E-state index in [2.05, 4.69) is 14.1 Å². The number of aliphatic carboxylic acids is 1. The highest BCUT2D eigenvalue weighted by Gasteiger charge is 2.32. The predicted octanol–water partition coefficient (Wildman–Crippen LogP) is 0.145. The molecule has 0 aromatic carbocycles. The summed E-state index contributed by atoms with van der Waals surface area (Å²) >= 11 is 0. The molecule has 1 saturated carbocycles. The van der Waals surface area contributed by atoms with E-state index in [1.165, 1.54) is 19.3 Å². The Morgan fingerprint density at radius 2 is 2.08 bits per heavy atom. The van der Waals surface area contributed by atoms with Crippen molar-refractivity contribution in [2.45, 2.75) is 38.1 Å². The summed E-state index contributed by atoms with van der Waals surface area (Å²) in [4.78, 5) is 10.2. The molecule has 0 aliphatic heterocycles.